The smallest absolute Gasteiger partial charge is 0.260 e. The van der Waals surface area contributed by atoms with Gasteiger partial charge in [-0.3, -0.25) is 0 Å². The van der Waals surface area contributed by atoms with Gasteiger partial charge in [0.25, 0.3) is 6.26 Å². The maximum Gasteiger partial charge on any atom is 0.260 e. The van der Waals surface area contributed by atoms with Crippen LogP contribution in [0.25, 0.3) is 0 Å². The maximum absolute atomic E-state index is 4.40. The first kappa shape index (κ1) is 3.86. The Bertz CT molecular complexity index is 158. The van der Waals surface area contributed by atoms with E-state index < -0.39 is 0 Å². The second kappa shape index (κ2) is 1.96. The first-order valence-electron chi connectivity index (χ1n) is 1.74. The Balaban J connectivity index is 3.00. The van der Waals surface area contributed by atoms with Crippen molar-refractivity contribution in [1.29, 1.82) is 0 Å². The maximum atomic E-state index is 4.40. The molecule has 33 valence electrons. The molecular formula is C5H2NO. The zero-order valence-corrected chi connectivity index (χ0v) is 3.49. The summed E-state index contributed by atoms with van der Waals surface area (Å²) in [5, 5.41) is 0. The van der Waals surface area contributed by atoms with Crippen molar-refractivity contribution in [2.45, 2.75) is 0 Å². The van der Waals surface area contributed by atoms with Crippen LogP contribution in [-0.4, -0.2) is 0 Å². The van der Waals surface area contributed by atoms with Crippen LogP contribution >= 0.6 is 0 Å². The van der Waals surface area contributed by atoms with E-state index in [0.29, 0.717) is 0 Å². The Labute approximate surface area is 41.1 Å². The first-order valence-corrected chi connectivity index (χ1v) is 1.74. The molecule has 1 rings (SSSR count). The van der Waals surface area contributed by atoms with Gasteiger partial charge in [0.1, 0.15) is 0 Å². The average Bonchev–Trinajstić information content (AvgIpc) is 1.90. The second-order valence-electron chi connectivity index (χ2n) is 0.861. The van der Waals surface area contributed by atoms with Gasteiger partial charge in [-0.2, -0.15) is 0 Å². The minimum absolute atomic E-state index is 1.47. The fourth-order valence-corrected chi connectivity index (χ4v) is 0.212. The molecule has 0 amide bonds. The molecule has 0 aromatic carbocycles. The number of hydrogen-bond donors (Lipinski definition) is 1. The third kappa shape index (κ3) is 1.04. The summed E-state index contributed by atoms with van der Waals surface area (Å²) in [4.78, 5) is 4.40. The van der Waals surface area contributed by atoms with Crippen molar-refractivity contribution in [3.05, 3.63) is 29.7 Å². The Kier molecular flexibility index (Phi) is 1.08. The third-order valence-electron chi connectivity index (χ3n) is 0.427. The lowest BCUT2D eigenvalue weighted by molar-refractivity contribution is 0.158. The Morgan fingerprint density at radius 3 is 3.43 bits per heavy atom. The first-order chi connectivity index (χ1) is 3.50. The quantitative estimate of drug-likeness (QED) is 0.433. The lowest BCUT2D eigenvalue weighted by Crippen LogP contribution is -1.97. The van der Waals surface area contributed by atoms with Crippen LogP contribution in [0.1, 0.15) is 0 Å². The fourth-order valence-electron chi connectivity index (χ4n) is 0.212. The molecule has 0 saturated heterocycles. The van der Waals surface area contributed by atoms with Gasteiger partial charge in [-0.1, -0.05) is 0 Å². The lowest BCUT2D eigenvalue weighted by Gasteiger charge is -1.86. The molecule has 0 bridgehead atoms. The molecule has 0 aromatic heterocycles. The van der Waals surface area contributed by atoms with Gasteiger partial charge in [-0.25, -0.2) is 5.48 Å². The molecule has 0 saturated carbocycles. The second-order valence-corrected chi connectivity index (χ2v) is 0.861. The van der Waals surface area contributed by atoms with Gasteiger partial charge >= 0.3 is 0 Å². The zero-order chi connectivity index (χ0) is 4.95. The van der Waals surface area contributed by atoms with Crippen LogP contribution in [0.3, 0.4) is 0 Å². The standard InChI is InChI=1S/C5H2NO/c1-2-4-6-7-5-3-1/h4,6H. The normalized spacial score (nSPS) is 12.6. The van der Waals surface area contributed by atoms with Gasteiger partial charge in [0.15, 0.2) is 0 Å². The van der Waals surface area contributed by atoms with Crippen LogP contribution in [0.2, 0.25) is 0 Å². The van der Waals surface area contributed by atoms with Gasteiger partial charge < -0.3 is 4.84 Å². The van der Waals surface area contributed by atoms with Crippen molar-refractivity contribution in [1.82, 2.24) is 5.48 Å². The van der Waals surface area contributed by atoms with Crippen LogP contribution in [0, 0.1) is 6.26 Å². The zero-order valence-electron chi connectivity index (χ0n) is 3.49. The van der Waals surface area contributed by atoms with Crippen LogP contribution < -0.4 is 5.48 Å². The molecule has 2 nitrogen and oxygen atoms in total. The van der Waals surface area contributed by atoms with E-state index >= 15 is 0 Å². The number of nitrogens with one attached hydrogen (secondary N) is 1. The van der Waals surface area contributed by atoms with Gasteiger partial charge in [-0.15, -0.1) is 0 Å². The van der Waals surface area contributed by atoms with Crippen LogP contribution in [0.4, 0.5) is 0 Å². The lowest BCUT2D eigenvalue weighted by atomic mass is 10.7. The highest BCUT2D eigenvalue weighted by atomic mass is 16.6. The van der Waals surface area contributed by atoms with E-state index in [9.17, 15) is 0 Å². The topological polar surface area (TPSA) is 21.3 Å². The molecule has 1 radical (unpaired) electrons. The molecule has 7 heavy (non-hydrogen) atoms. The minimum atomic E-state index is 1.47. The van der Waals surface area contributed by atoms with Crippen molar-refractivity contribution in [3.8, 4) is 0 Å². The highest BCUT2D eigenvalue weighted by Crippen LogP contribution is 1.68. The fraction of sp³-hybridized carbons (Fsp3) is 0. The van der Waals surface area contributed by atoms with Crippen molar-refractivity contribution < 1.29 is 4.84 Å². The van der Waals surface area contributed by atoms with E-state index in [4.69, 9.17) is 0 Å². The number of rotatable bonds is 0. The Morgan fingerprint density at radius 1 is 1.43 bits per heavy atom. The molecule has 0 fully saturated rings. The molecule has 0 aromatic rings. The molecule has 0 atom stereocenters. The summed E-state index contributed by atoms with van der Waals surface area (Å²) in [6.07, 6.45) is 3.75. The monoisotopic (exact) mass is 92.0 g/mol. The minimum Gasteiger partial charge on any atom is -0.368 e. The van der Waals surface area contributed by atoms with Gasteiger partial charge in [0.05, 0.1) is 6.20 Å². The van der Waals surface area contributed by atoms with E-state index in [2.05, 4.69) is 33.8 Å². The van der Waals surface area contributed by atoms with E-state index in [1.54, 1.807) is 0 Å². The molecule has 0 aliphatic carbocycles. The predicted octanol–water partition coefficient (Wildman–Crippen LogP) is 0.261. The summed E-state index contributed by atoms with van der Waals surface area (Å²) in [5.74, 6) is 0. The van der Waals surface area contributed by atoms with Crippen molar-refractivity contribution in [3.63, 3.8) is 0 Å². The van der Waals surface area contributed by atoms with Crippen molar-refractivity contribution in [2.75, 3.05) is 0 Å². The third-order valence-corrected chi connectivity index (χ3v) is 0.427. The average molecular weight is 92.1 g/mol. The molecule has 1 heterocycles. The highest BCUT2D eigenvalue weighted by Gasteiger charge is 1.67. The summed E-state index contributed by atoms with van der Waals surface area (Å²) >= 11 is 0. The van der Waals surface area contributed by atoms with Gasteiger partial charge in [0, 0.05) is 0 Å². The van der Waals surface area contributed by atoms with Crippen LogP contribution in [0.15, 0.2) is 23.4 Å². The molecule has 1 aliphatic rings. The summed E-state index contributed by atoms with van der Waals surface area (Å²) in [6, 6.07) is 0. The molecule has 0 unspecified atom stereocenters. The van der Waals surface area contributed by atoms with Crippen LogP contribution in [0.5, 0.6) is 0 Å². The largest absolute Gasteiger partial charge is 0.368 e. The van der Waals surface area contributed by atoms with Gasteiger partial charge in [-0.05, 0) is 17.2 Å². The van der Waals surface area contributed by atoms with Crippen molar-refractivity contribution >= 4 is 0 Å². The van der Waals surface area contributed by atoms with Crippen LogP contribution in [-0.2, 0) is 4.84 Å². The van der Waals surface area contributed by atoms with E-state index in [1.165, 1.54) is 6.20 Å². The van der Waals surface area contributed by atoms with Gasteiger partial charge in [0.2, 0.25) is 0 Å². The SMILES string of the molecule is [C]1=C=C=C=CNO1. The molecule has 1 N–H and O–H groups in total. The molecule has 1 aliphatic heterocycles. The summed E-state index contributed by atoms with van der Waals surface area (Å²) < 4.78 is 0. The number of hydroxylamine groups is 1. The summed E-state index contributed by atoms with van der Waals surface area (Å²) in [6.45, 7) is 0. The predicted molar refractivity (Wildman–Crippen MR) is 22.6 cm³/mol. The Morgan fingerprint density at radius 2 is 2.43 bits per heavy atom. The summed E-state index contributed by atoms with van der Waals surface area (Å²) in [7, 11) is 0. The number of hydrogen-bond acceptors (Lipinski definition) is 2. The molecular weight excluding hydrogens is 90.1 g/mol. The highest BCUT2D eigenvalue weighted by molar-refractivity contribution is 4.82. The van der Waals surface area contributed by atoms with E-state index in [0.717, 1.165) is 0 Å². The molecule has 2 heteroatoms. The molecule has 0 spiro atoms. The van der Waals surface area contributed by atoms with E-state index in [1.807, 2.05) is 0 Å². The summed E-state index contributed by atoms with van der Waals surface area (Å²) in [5.41, 5.74) is 9.85. The van der Waals surface area contributed by atoms with Crippen molar-refractivity contribution in [2.24, 2.45) is 0 Å². The Hall–Kier alpha value is -1.32. The van der Waals surface area contributed by atoms with E-state index in [-0.39, 0.29) is 0 Å².